The van der Waals surface area contributed by atoms with E-state index in [-0.39, 0.29) is 0 Å². The van der Waals surface area contributed by atoms with Crippen LogP contribution in [-0.4, -0.2) is 11.5 Å². The van der Waals surface area contributed by atoms with Gasteiger partial charge >= 0.3 is 0 Å². The van der Waals surface area contributed by atoms with Crippen LogP contribution in [-0.2, 0) is 0 Å². The van der Waals surface area contributed by atoms with Crippen LogP contribution in [0.3, 0.4) is 0 Å². The van der Waals surface area contributed by atoms with E-state index >= 15 is 0 Å². The summed E-state index contributed by atoms with van der Waals surface area (Å²) in [7, 11) is 0. The predicted molar refractivity (Wildman–Crippen MR) is 54.0 cm³/mol. The van der Waals surface area contributed by atoms with Crippen LogP contribution in [0.25, 0.3) is 0 Å². The zero-order valence-electron chi connectivity index (χ0n) is 7.68. The van der Waals surface area contributed by atoms with Crippen LogP contribution in [0, 0.1) is 6.92 Å². The Morgan fingerprint density at radius 2 is 2.38 bits per heavy atom. The SMILES string of the molecule is Cc1ccc(C2CCCN2)c(Cl)n1. The molecule has 2 nitrogen and oxygen atoms in total. The lowest BCUT2D eigenvalue weighted by Gasteiger charge is -2.11. The Morgan fingerprint density at radius 3 is 3.00 bits per heavy atom. The fourth-order valence-corrected chi connectivity index (χ4v) is 2.07. The van der Waals surface area contributed by atoms with Crippen molar-refractivity contribution in [2.24, 2.45) is 0 Å². The molecule has 0 bridgehead atoms. The fraction of sp³-hybridized carbons (Fsp3) is 0.500. The van der Waals surface area contributed by atoms with Gasteiger partial charge in [0.05, 0.1) is 0 Å². The molecule has 3 heteroatoms. The molecule has 0 aliphatic carbocycles. The van der Waals surface area contributed by atoms with Crippen molar-refractivity contribution < 1.29 is 0 Å². The minimum Gasteiger partial charge on any atom is -0.310 e. The lowest BCUT2D eigenvalue weighted by molar-refractivity contribution is 0.645. The number of nitrogens with zero attached hydrogens (tertiary/aromatic N) is 1. The Morgan fingerprint density at radius 1 is 1.54 bits per heavy atom. The second-order valence-corrected chi connectivity index (χ2v) is 3.84. The van der Waals surface area contributed by atoms with E-state index in [0.29, 0.717) is 11.2 Å². The van der Waals surface area contributed by atoms with E-state index in [1.54, 1.807) is 0 Å². The van der Waals surface area contributed by atoms with Gasteiger partial charge in [0, 0.05) is 17.3 Å². The smallest absolute Gasteiger partial charge is 0.134 e. The summed E-state index contributed by atoms with van der Waals surface area (Å²) in [6.45, 7) is 3.05. The van der Waals surface area contributed by atoms with Gasteiger partial charge in [-0.05, 0) is 32.4 Å². The average molecular weight is 197 g/mol. The summed E-state index contributed by atoms with van der Waals surface area (Å²) in [5, 5.41) is 4.06. The molecule has 1 aliphatic heterocycles. The second kappa shape index (κ2) is 3.64. The number of hydrogen-bond acceptors (Lipinski definition) is 2. The van der Waals surface area contributed by atoms with Crippen molar-refractivity contribution in [1.82, 2.24) is 10.3 Å². The van der Waals surface area contributed by atoms with Crippen molar-refractivity contribution in [3.63, 3.8) is 0 Å². The number of aryl methyl sites for hydroxylation is 1. The zero-order valence-corrected chi connectivity index (χ0v) is 8.43. The Bertz CT molecular complexity index is 306. The Labute approximate surface area is 83.3 Å². The zero-order chi connectivity index (χ0) is 9.26. The van der Waals surface area contributed by atoms with Crippen LogP contribution in [0.1, 0.15) is 30.1 Å². The summed E-state index contributed by atoms with van der Waals surface area (Å²) in [5.41, 5.74) is 2.12. The molecule has 70 valence electrons. The third-order valence-corrected chi connectivity index (χ3v) is 2.76. The highest BCUT2D eigenvalue weighted by Gasteiger charge is 2.18. The minimum atomic E-state index is 0.417. The molecule has 1 aromatic heterocycles. The highest BCUT2D eigenvalue weighted by molar-refractivity contribution is 6.30. The molecular formula is C10H13ClN2. The van der Waals surface area contributed by atoms with Gasteiger partial charge in [0.15, 0.2) is 0 Å². The minimum absolute atomic E-state index is 0.417. The summed E-state index contributed by atoms with van der Waals surface area (Å²) in [6, 6.07) is 4.51. The molecule has 13 heavy (non-hydrogen) atoms. The second-order valence-electron chi connectivity index (χ2n) is 3.48. The van der Waals surface area contributed by atoms with Gasteiger partial charge in [0.1, 0.15) is 5.15 Å². The van der Waals surface area contributed by atoms with Gasteiger partial charge in [-0.15, -0.1) is 0 Å². The highest BCUT2D eigenvalue weighted by Crippen LogP contribution is 2.27. The molecule has 1 fully saturated rings. The molecule has 1 aliphatic rings. The first-order valence-corrected chi connectivity index (χ1v) is 5.01. The van der Waals surface area contributed by atoms with Gasteiger partial charge in [0.2, 0.25) is 0 Å². The molecule has 1 N–H and O–H groups in total. The summed E-state index contributed by atoms with van der Waals surface area (Å²) in [4.78, 5) is 4.24. The third-order valence-electron chi connectivity index (χ3n) is 2.45. The number of rotatable bonds is 1. The summed E-state index contributed by atoms with van der Waals surface area (Å²) in [5.74, 6) is 0. The van der Waals surface area contributed by atoms with Gasteiger partial charge in [0.25, 0.3) is 0 Å². The van der Waals surface area contributed by atoms with E-state index in [1.807, 2.05) is 13.0 Å². The van der Waals surface area contributed by atoms with E-state index in [1.165, 1.54) is 12.8 Å². The molecule has 1 aromatic rings. The van der Waals surface area contributed by atoms with Crippen molar-refractivity contribution in [2.45, 2.75) is 25.8 Å². The standard InChI is InChI=1S/C10H13ClN2/c1-7-4-5-8(10(11)13-7)9-3-2-6-12-9/h4-5,9,12H,2-3,6H2,1H3. The van der Waals surface area contributed by atoms with Gasteiger partial charge < -0.3 is 5.32 Å². The fourth-order valence-electron chi connectivity index (χ4n) is 1.75. The molecule has 1 saturated heterocycles. The lowest BCUT2D eigenvalue weighted by Crippen LogP contribution is -2.13. The average Bonchev–Trinajstić information content (AvgIpc) is 2.56. The molecule has 2 rings (SSSR count). The van der Waals surface area contributed by atoms with Crippen molar-refractivity contribution in [3.05, 3.63) is 28.5 Å². The van der Waals surface area contributed by atoms with Crippen molar-refractivity contribution in [2.75, 3.05) is 6.54 Å². The predicted octanol–water partition coefficient (Wildman–Crippen LogP) is 2.47. The quantitative estimate of drug-likeness (QED) is 0.699. The number of halogens is 1. The molecule has 2 heterocycles. The molecule has 1 atom stereocenters. The maximum Gasteiger partial charge on any atom is 0.134 e. The topological polar surface area (TPSA) is 24.9 Å². The number of hydrogen-bond donors (Lipinski definition) is 1. The Kier molecular flexibility index (Phi) is 2.51. The van der Waals surface area contributed by atoms with Gasteiger partial charge in [-0.2, -0.15) is 0 Å². The summed E-state index contributed by atoms with van der Waals surface area (Å²) in [6.07, 6.45) is 2.40. The first-order valence-electron chi connectivity index (χ1n) is 4.64. The van der Waals surface area contributed by atoms with Crippen LogP contribution in [0.15, 0.2) is 12.1 Å². The number of aromatic nitrogens is 1. The highest BCUT2D eigenvalue weighted by atomic mass is 35.5. The molecule has 0 radical (unpaired) electrons. The van der Waals surface area contributed by atoms with E-state index < -0.39 is 0 Å². The van der Waals surface area contributed by atoms with Crippen molar-refractivity contribution >= 4 is 11.6 Å². The number of nitrogens with one attached hydrogen (secondary N) is 1. The van der Waals surface area contributed by atoms with Crippen LogP contribution in [0.4, 0.5) is 0 Å². The van der Waals surface area contributed by atoms with E-state index in [0.717, 1.165) is 17.8 Å². The van der Waals surface area contributed by atoms with Crippen LogP contribution >= 0.6 is 11.6 Å². The number of pyridine rings is 1. The molecular weight excluding hydrogens is 184 g/mol. The van der Waals surface area contributed by atoms with Crippen molar-refractivity contribution in [1.29, 1.82) is 0 Å². The van der Waals surface area contributed by atoms with Gasteiger partial charge in [-0.1, -0.05) is 17.7 Å². The summed E-state index contributed by atoms with van der Waals surface area (Å²) >= 11 is 6.06. The maximum atomic E-state index is 6.06. The van der Waals surface area contributed by atoms with Crippen LogP contribution in [0.2, 0.25) is 5.15 Å². The van der Waals surface area contributed by atoms with Gasteiger partial charge in [-0.25, -0.2) is 4.98 Å². The summed E-state index contributed by atoms with van der Waals surface area (Å²) < 4.78 is 0. The monoisotopic (exact) mass is 196 g/mol. The molecule has 0 saturated carbocycles. The third kappa shape index (κ3) is 1.84. The van der Waals surface area contributed by atoms with E-state index in [2.05, 4.69) is 16.4 Å². The maximum absolute atomic E-state index is 6.06. The molecule has 0 spiro atoms. The van der Waals surface area contributed by atoms with Crippen LogP contribution in [0.5, 0.6) is 0 Å². The van der Waals surface area contributed by atoms with E-state index in [4.69, 9.17) is 11.6 Å². The van der Waals surface area contributed by atoms with Crippen molar-refractivity contribution in [3.8, 4) is 0 Å². The Hall–Kier alpha value is -0.600. The first-order chi connectivity index (χ1) is 6.27. The van der Waals surface area contributed by atoms with Crippen LogP contribution < -0.4 is 5.32 Å². The van der Waals surface area contributed by atoms with Gasteiger partial charge in [-0.3, -0.25) is 0 Å². The lowest BCUT2D eigenvalue weighted by atomic mass is 10.1. The largest absolute Gasteiger partial charge is 0.310 e. The van der Waals surface area contributed by atoms with E-state index in [9.17, 15) is 0 Å². The molecule has 1 unspecified atom stereocenters. The Balaban J connectivity index is 2.29. The molecule has 0 aromatic carbocycles. The normalized spacial score (nSPS) is 22.2. The molecule has 0 amide bonds. The first kappa shape index (κ1) is 8.97.